The van der Waals surface area contributed by atoms with Crippen molar-refractivity contribution < 1.29 is 28.4 Å². The van der Waals surface area contributed by atoms with Crippen LogP contribution in [-0.2, 0) is 30.2 Å². The highest BCUT2D eigenvalue weighted by Crippen LogP contribution is 2.47. The Labute approximate surface area is 188 Å². The molecule has 0 spiro atoms. The molecule has 0 saturated carbocycles. The number of hydrogen-bond acceptors (Lipinski definition) is 7. The van der Waals surface area contributed by atoms with Crippen LogP contribution >= 0.6 is 0 Å². The first-order valence-corrected chi connectivity index (χ1v) is 11.2. The van der Waals surface area contributed by atoms with E-state index < -0.39 is 52.1 Å². The van der Waals surface area contributed by atoms with Crippen LogP contribution in [0.2, 0.25) is 0 Å². The number of aliphatic imine (C=N–C) groups is 1. The number of rotatable bonds is 6. The van der Waals surface area contributed by atoms with Gasteiger partial charge in [0.1, 0.15) is 0 Å². The second kappa shape index (κ2) is 8.76. The zero-order chi connectivity index (χ0) is 22.9. The minimum Gasteiger partial charge on any atom is -0.614 e. The van der Waals surface area contributed by atoms with Crippen molar-refractivity contribution >= 4 is 35.2 Å². The standard InChI is InChI=1S/C23H22N2O6S/c1-23(2)18(22(28)31-14-30-21(27)16-11-7-4-8-12-16)25-19(26)17(20(25)32(23)29)24-13-15-9-5-3-6-10-15/h3-13,17-18,20H,14H2,1-2H3/t17-,18+,20-,32?/m1/s1. The third kappa shape index (κ3) is 3.89. The Bertz CT molecular complexity index is 1040. The minimum absolute atomic E-state index is 0.322. The van der Waals surface area contributed by atoms with Gasteiger partial charge in [-0.25, -0.2) is 9.59 Å². The number of ether oxygens (including phenoxy) is 2. The summed E-state index contributed by atoms with van der Waals surface area (Å²) in [4.78, 5) is 43.1. The van der Waals surface area contributed by atoms with Crippen molar-refractivity contribution in [2.75, 3.05) is 6.79 Å². The SMILES string of the molecule is CC1(C)[C@H](C(=O)OCOC(=O)c2ccccc2)N2C(=O)[C@@H](N=Cc3ccccc3)[C@H]2[S+]1[O-]. The van der Waals surface area contributed by atoms with Gasteiger partial charge in [-0.15, -0.1) is 0 Å². The van der Waals surface area contributed by atoms with Crippen LogP contribution in [0.4, 0.5) is 0 Å². The molecule has 2 aromatic rings. The molecule has 166 valence electrons. The molecule has 2 heterocycles. The van der Waals surface area contributed by atoms with Gasteiger partial charge in [0.05, 0.1) is 5.56 Å². The number of amides is 1. The van der Waals surface area contributed by atoms with E-state index in [0.717, 1.165) is 5.56 Å². The number of carbonyl (C=O) groups excluding carboxylic acids is 3. The van der Waals surface area contributed by atoms with Crippen LogP contribution in [0, 0.1) is 0 Å². The molecule has 0 bridgehead atoms. The number of carbonyl (C=O) groups is 3. The highest BCUT2D eigenvalue weighted by Gasteiger charge is 2.72. The van der Waals surface area contributed by atoms with Crippen LogP contribution in [0.15, 0.2) is 65.7 Å². The Morgan fingerprint density at radius 3 is 2.38 bits per heavy atom. The molecule has 1 amide bonds. The van der Waals surface area contributed by atoms with Crippen molar-refractivity contribution in [2.45, 2.75) is 36.1 Å². The van der Waals surface area contributed by atoms with Gasteiger partial charge in [0.25, 0.3) is 5.91 Å². The van der Waals surface area contributed by atoms with Gasteiger partial charge in [-0.05, 0) is 42.7 Å². The lowest BCUT2D eigenvalue weighted by molar-refractivity contribution is -0.168. The van der Waals surface area contributed by atoms with Gasteiger partial charge in [-0.2, -0.15) is 0 Å². The van der Waals surface area contributed by atoms with Crippen molar-refractivity contribution in [3.63, 3.8) is 0 Å². The first kappa shape index (κ1) is 22.0. The summed E-state index contributed by atoms with van der Waals surface area (Å²) in [5.41, 5.74) is 1.14. The van der Waals surface area contributed by atoms with Crippen molar-refractivity contribution in [1.29, 1.82) is 0 Å². The fourth-order valence-corrected chi connectivity index (χ4v) is 5.74. The number of β-lactam (4-membered cyclic amide) rings is 1. The zero-order valence-electron chi connectivity index (χ0n) is 17.5. The molecule has 0 aromatic heterocycles. The van der Waals surface area contributed by atoms with E-state index in [2.05, 4.69) is 4.99 Å². The average molecular weight is 455 g/mol. The summed E-state index contributed by atoms with van der Waals surface area (Å²) in [7, 11) is 0. The maximum Gasteiger partial charge on any atom is 0.340 e. The van der Waals surface area contributed by atoms with Crippen molar-refractivity contribution in [1.82, 2.24) is 4.90 Å². The summed E-state index contributed by atoms with van der Waals surface area (Å²) in [5, 5.41) is -0.707. The second-order valence-corrected chi connectivity index (χ2v) is 10.1. The maximum absolute atomic E-state index is 13.1. The highest BCUT2D eigenvalue weighted by molar-refractivity contribution is 7.94. The van der Waals surface area contributed by atoms with E-state index in [1.165, 1.54) is 4.90 Å². The van der Waals surface area contributed by atoms with Gasteiger partial charge in [0.2, 0.25) is 12.2 Å². The summed E-state index contributed by atoms with van der Waals surface area (Å²) in [5.74, 6) is -1.80. The highest BCUT2D eigenvalue weighted by atomic mass is 32.2. The molecule has 1 unspecified atom stereocenters. The van der Waals surface area contributed by atoms with Gasteiger partial charge in [0.15, 0.2) is 16.8 Å². The molecule has 2 aliphatic rings. The van der Waals surface area contributed by atoms with E-state index in [4.69, 9.17) is 9.47 Å². The van der Waals surface area contributed by atoms with Gasteiger partial charge in [0, 0.05) is 6.21 Å². The molecule has 4 atom stereocenters. The largest absolute Gasteiger partial charge is 0.614 e. The Morgan fingerprint density at radius 1 is 1.09 bits per heavy atom. The number of fused-ring (bicyclic) bond motifs is 1. The van der Waals surface area contributed by atoms with E-state index in [1.807, 2.05) is 30.3 Å². The molecule has 2 saturated heterocycles. The Kier molecular flexibility index (Phi) is 6.03. The van der Waals surface area contributed by atoms with E-state index in [0.29, 0.717) is 5.56 Å². The normalized spacial score (nSPS) is 25.8. The molecule has 8 nitrogen and oxygen atoms in total. The Hall–Kier alpha value is -3.17. The lowest BCUT2D eigenvalue weighted by Gasteiger charge is -2.39. The van der Waals surface area contributed by atoms with E-state index in [-0.39, 0.29) is 5.91 Å². The minimum atomic E-state index is -1.54. The quantitative estimate of drug-likeness (QED) is 0.217. The molecule has 0 N–H and O–H groups in total. The maximum atomic E-state index is 13.1. The molecule has 9 heteroatoms. The summed E-state index contributed by atoms with van der Waals surface area (Å²) < 4.78 is 22.1. The predicted molar refractivity (Wildman–Crippen MR) is 117 cm³/mol. The number of hydrogen-bond donors (Lipinski definition) is 0. The van der Waals surface area contributed by atoms with Gasteiger partial charge < -0.3 is 14.0 Å². The molecular weight excluding hydrogens is 432 g/mol. The summed E-state index contributed by atoms with van der Waals surface area (Å²) in [6, 6.07) is 15.7. The third-order valence-corrected chi connectivity index (χ3v) is 7.72. The van der Waals surface area contributed by atoms with Crippen LogP contribution in [0.3, 0.4) is 0 Å². The van der Waals surface area contributed by atoms with Crippen LogP contribution in [0.25, 0.3) is 0 Å². The van der Waals surface area contributed by atoms with E-state index in [9.17, 15) is 18.9 Å². The summed E-state index contributed by atoms with van der Waals surface area (Å²) in [6.07, 6.45) is 1.57. The monoisotopic (exact) mass is 454 g/mol. The molecule has 2 aromatic carbocycles. The second-order valence-electron chi connectivity index (χ2n) is 7.95. The number of benzene rings is 2. The molecule has 2 aliphatic heterocycles. The third-order valence-electron chi connectivity index (χ3n) is 5.53. The van der Waals surface area contributed by atoms with Crippen molar-refractivity contribution in [3.05, 3.63) is 71.8 Å². The van der Waals surface area contributed by atoms with Crippen molar-refractivity contribution in [2.24, 2.45) is 4.99 Å². The smallest absolute Gasteiger partial charge is 0.340 e. The van der Waals surface area contributed by atoms with Crippen LogP contribution in [0.5, 0.6) is 0 Å². The predicted octanol–water partition coefficient (Wildman–Crippen LogP) is 1.91. The summed E-state index contributed by atoms with van der Waals surface area (Å²) in [6.45, 7) is 2.69. The van der Waals surface area contributed by atoms with E-state index >= 15 is 0 Å². The van der Waals surface area contributed by atoms with Crippen LogP contribution in [0.1, 0.15) is 29.8 Å². The first-order valence-electron chi connectivity index (χ1n) is 10.0. The van der Waals surface area contributed by atoms with Crippen LogP contribution < -0.4 is 0 Å². The Morgan fingerprint density at radius 2 is 1.72 bits per heavy atom. The molecule has 32 heavy (non-hydrogen) atoms. The fourth-order valence-electron chi connectivity index (χ4n) is 3.84. The fraction of sp³-hybridized carbons (Fsp3) is 0.304. The Balaban J connectivity index is 1.41. The van der Waals surface area contributed by atoms with E-state index in [1.54, 1.807) is 50.4 Å². The average Bonchev–Trinajstić information content (AvgIpc) is 2.98. The zero-order valence-corrected chi connectivity index (χ0v) is 18.4. The van der Waals surface area contributed by atoms with Gasteiger partial charge in [-0.3, -0.25) is 14.7 Å². The first-order chi connectivity index (χ1) is 15.3. The topological polar surface area (TPSA) is 108 Å². The van der Waals surface area contributed by atoms with Gasteiger partial charge in [-0.1, -0.05) is 48.5 Å². The molecule has 4 rings (SSSR count). The van der Waals surface area contributed by atoms with Crippen LogP contribution in [-0.4, -0.2) is 62.5 Å². The lowest BCUT2D eigenvalue weighted by Crippen LogP contribution is -2.66. The molecular formula is C23H22N2O6S. The lowest BCUT2D eigenvalue weighted by atomic mass is 9.96. The number of esters is 2. The number of nitrogens with zero attached hydrogens (tertiary/aromatic N) is 2. The molecule has 0 aliphatic carbocycles. The molecule has 0 radical (unpaired) electrons. The van der Waals surface area contributed by atoms with Crippen molar-refractivity contribution in [3.8, 4) is 0 Å². The molecule has 2 fully saturated rings. The summed E-state index contributed by atoms with van der Waals surface area (Å²) >= 11 is -1.54. The van der Waals surface area contributed by atoms with Gasteiger partial charge >= 0.3 is 11.9 Å².